The van der Waals surface area contributed by atoms with Gasteiger partial charge in [0.1, 0.15) is 0 Å². The molecule has 1 rings (SSSR count). The SMILES string of the molecule is CCCC[C@H](CC)CNC(=O)CCC(=O)NC1CCCCC1. The van der Waals surface area contributed by atoms with Crippen molar-refractivity contribution in [1.29, 1.82) is 0 Å². The highest BCUT2D eigenvalue weighted by molar-refractivity contribution is 5.83. The summed E-state index contributed by atoms with van der Waals surface area (Å²) in [7, 11) is 0. The zero-order chi connectivity index (χ0) is 16.2. The third-order valence-electron chi connectivity index (χ3n) is 4.68. The summed E-state index contributed by atoms with van der Waals surface area (Å²) in [5.41, 5.74) is 0. The summed E-state index contributed by atoms with van der Waals surface area (Å²) < 4.78 is 0. The Morgan fingerprint density at radius 2 is 1.73 bits per heavy atom. The van der Waals surface area contributed by atoms with E-state index < -0.39 is 0 Å². The number of carbonyl (C=O) groups excluding carboxylic acids is 2. The second-order valence-corrected chi connectivity index (χ2v) is 6.62. The molecule has 1 aliphatic rings. The molecule has 1 saturated carbocycles. The fraction of sp³-hybridized carbons (Fsp3) is 0.889. The summed E-state index contributed by atoms with van der Waals surface area (Å²) in [6.45, 7) is 5.11. The zero-order valence-electron chi connectivity index (χ0n) is 14.5. The Morgan fingerprint density at radius 1 is 1.05 bits per heavy atom. The van der Waals surface area contributed by atoms with Gasteiger partial charge in [-0.25, -0.2) is 0 Å². The van der Waals surface area contributed by atoms with Crippen LogP contribution >= 0.6 is 0 Å². The summed E-state index contributed by atoms with van der Waals surface area (Å²) in [6.07, 6.45) is 11.2. The molecule has 0 unspecified atom stereocenters. The number of carbonyl (C=O) groups is 2. The number of hydrogen-bond donors (Lipinski definition) is 2. The number of unbranched alkanes of at least 4 members (excludes halogenated alkanes) is 1. The van der Waals surface area contributed by atoms with Crippen LogP contribution in [0, 0.1) is 5.92 Å². The average molecular weight is 310 g/mol. The van der Waals surface area contributed by atoms with Crippen molar-refractivity contribution in [3.05, 3.63) is 0 Å². The molecule has 1 fully saturated rings. The van der Waals surface area contributed by atoms with Crippen LogP contribution in [0.1, 0.15) is 84.5 Å². The molecule has 4 heteroatoms. The van der Waals surface area contributed by atoms with Gasteiger partial charge in [-0.1, -0.05) is 52.4 Å². The van der Waals surface area contributed by atoms with Crippen LogP contribution in [-0.4, -0.2) is 24.4 Å². The van der Waals surface area contributed by atoms with Crippen LogP contribution in [0.4, 0.5) is 0 Å². The molecule has 0 heterocycles. The first-order valence-electron chi connectivity index (χ1n) is 9.21. The minimum atomic E-state index is 0.00810. The van der Waals surface area contributed by atoms with Crippen molar-refractivity contribution in [3.8, 4) is 0 Å². The molecular weight excluding hydrogens is 276 g/mol. The normalized spacial score (nSPS) is 17.0. The van der Waals surface area contributed by atoms with Crippen molar-refractivity contribution in [3.63, 3.8) is 0 Å². The second kappa shape index (κ2) is 11.5. The standard InChI is InChI=1S/C18H34N2O2/c1-3-5-9-15(4-2)14-19-17(21)12-13-18(22)20-16-10-7-6-8-11-16/h15-16H,3-14H2,1-2H3,(H,19,21)(H,20,22)/t15-/m0/s1. The van der Waals surface area contributed by atoms with Gasteiger partial charge >= 0.3 is 0 Å². The van der Waals surface area contributed by atoms with Crippen LogP contribution < -0.4 is 10.6 Å². The monoisotopic (exact) mass is 310 g/mol. The summed E-state index contributed by atoms with van der Waals surface area (Å²) in [5, 5.41) is 6.04. The van der Waals surface area contributed by atoms with E-state index >= 15 is 0 Å². The molecule has 0 saturated heterocycles. The van der Waals surface area contributed by atoms with Crippen molar-refractivity contribution in [2.75, 3.05) is 6.54 Å². The Labute approximate surface area is 135 Å². The van der Waals surface area contributed by atoms with Gasteiger partial charge in [-0.3, -0.25) is 9.59 Å². The molecule has 128 valence electrons. The van der Waals surface area contributed by atoms with Crippen molar-refractivity contribution in [1.82, 2.24) is 10.6 Å². The molecule has 22 heavy (non-hydrogen) atoms. The smallest absolute Gasteiger partial charge is 0.220 e. The molecule has 0 aromatic rings. The maximum Gasteiger partial charge on any atom is 0.220 e. The van der Waals surface area contributed by atoms with Crippen LogP contribution in [-0.2, 0) is 9.59 Å². The first-order valence-corrected chi connectivity index (χ1v) is 9.21. The highest BCUT2D eigenvalue weighted by Gasteiger charge is 2.16. The van der Waals surface area contributed by atoms with Crippen LogP contribution in [0.25, 0.3) is 0 Å². The van der Waals surface area contributed by atoms with E-state index in [0.717, 1.165) is 25.8 Å². The maximum absolute atomic E-state index is 11.9. The first kappa shape index (κ1) is 19.0. The molecular formula is C18H34N2O2. The summed E-state index contributed by atoms with van der Waals surface area (Å²) in [5.74, 6) is 0.605. The minimum absolute atomic E-state index is 0.00810. The lowest BCUT2D eigenvalue weighted by molar-refractivity contribution is -0.127. The molecule has 0 spiro atoms. The van der Waals surface area contributed by atoms with Gasteiger partial charge < -0.3 is 10.6 Å². The van der Waals surface area contributed by atoms with Crippen molar-refractivity contribution < 1.29 is 9.59 Å². The van der Waals surface area contributed by atoms with E-state index in [2.05, 4.69) is 24.5 Å². The third-order valence-corrected chi connectivity index (χ3v) is 4.68. The second-order valence-electron chi connectivity index (χ2n) is 6.62. The average Bonchev–Trinajstić information content (AvgIpc) is 2.54. The van der Waals surface area contributed by atoms with E-state index in [0.29, 0.717) is 24.8 Å². The maximum atomic E-state index is 11.9. The summed E-state index contributed by atoms with van der Waals surface area (Å²) in [4.78, 5) is 23.7. The van der Waals surface area contributed by atoms with Gasteiger partial charge in [-0.15, -0.1) is 0 Å². The Morgan fingerprint density at radius 3 is 2.36 bits per heavy atom. The molecule has 2 amide bonds. The molecule has 0 radical (unpaired) electrons. The van der Waals surface area contributed by atoms with Crippen LogP contribution in [0.15, 0.2) is 0 Å². The topological polar surface area (TPSA) is 58.2 Å². The molecule has 2 N–H and O–H groups in total. The van der Waals surface area contributed by atoms with Crippen LogP contribution in [0.2, 0.25) is 0 Å². The fourth-order valence-corrected chi connectivity index (χ4v) is 3.06. The van der Waals surface area contributed by atoms with Crippen molar-refractivity contribution in [2.24, 2.45) is 5.92 Å². The van der Waals surface area contributed by atoms with Gasteiger partial charge in [0.25, 0.3) is 0 Å². The highest BCUT2D eigenvalue weighted by Crippen LogP contribution is 2.17. The highest BCUT2D eigenvalue weighted by atomic mass is 16.2. The van der Waals surface area contributed by atoms with Gasteiger partial charge in [-0.05, 0) is 25.2 Å². The zero-order valence-corrected chi connectivity index (χ0v) is 14.5. The fourth-order valence-electron chi connectivity index (χ4n) is 3.06. The van der Waals surface area contributed by atoms with E-state index in [9.17, 15) is 9.59 Å². The number of hydrogen-bond acceptors (Lipinski definition) is 2. The van der Waals surface area contributed by atoms with Gasteiger partial charge in [0.05, 0.1) is 0 Å². The van der Waals surface area contributed by atoms with Gasteiger partial charge in [0.15, 0.2) is 0 Å². The van der Waals surface area contributed by atoms with Gasteiger partial charge in [-0.2, -0.15) is 0 Å². The molecule has 1 atom stereocenters. The van der Waals surface area contributed by atoms with Gasteiger partial charge in [0, 0.05) is 25.4 Å². The van der Waals surface area contributed by atoms with Crippen LogP contribution in [0.5, 0.6) is 0 Å². The molecule has 0 aromatic carbocycles. The Kier molecular flexibility index (Phi) is 9.93. The van der Waals surface area contributed by atoms with E-state index in [-0.39, 0.29) is 11.8 Å². The molecule has 0 aliphatic heterocycles. The Hall–Kier alpha value is -1.06. The quantitative estimate of drug-likeness (QED) is 0.648. The van der Waals surface area contributed by atoms with E-state index in [1.165, 1.54) is 38.5 Å². The Bertz CT molecular complexity index is 325. The molecule has 0 aromatic heterocycles. The van der Waals surface area contributed by atoms with E-state index in [4.69, 9.17) is 0 Å². The largest absolute Gasteiger partial charge is 0.356 e. The minimum Gasteiger partial charge on any atom is -0.356 e. The van der Waals surface area contributed by atoms with E-state index in [1.807, 2.05) is 0 Å². The van der Waals surface area contributed by atoms with E-state index in [1.54, 1.807) is 0 Å². The number of nitrogens with one attached hydrogen (secondary N) is 2. The predicted molar refractivity (Wildman–Crippen MR) is 90.6 cm³/mol. The molecule has 1 aliphatic carbocycles. The Balaban J connectivity index is 2.12. The number of amides is 2. The third kappa shape index (κ3) is 8.40. The predicted octanol–water partition coefficient (Wildman–Crippen LogP) is 3.55. The summed E-state index contributed by atoms with van der Waals surface area (Å²) >= 11 is 0. The lowest BCUT2D eigenvalue weighted by atomic mass is 9.95. The van der Waals surface area contributed by atoms with Crippen LogP contribution in [0.3, 0.4) is 0 Å². The lowest BCUT2D eigenvalue weighted by Gasteiger charge is -2.22. The molecule has 4 nitrogen and oxygen atoms in total. The summed E-state index contributed by atoms with van der Waals surface area (Å²) in [6, 6.07) is 0.336. The molecule has 0 bridgehead atoms. The lowest BCUT2D eigenvalue weighted by Crippen LogP contribution is -2.37. The number of rotatable bonds is 10. The van der Waals surface area contributed by atoms with Gasteiger partial charge in [0.2, 0.25) is 11.8 Å². The van der Waals surface area contributed by atoms with Crippen molar-refractivity contribution in [2.45, 2.75) is 90.5 Å². The van der Waals surface area contributed by atoms with Crippen molar-refractivity contribution >= 4 is 11.8 Å². The first-order chi connectivity index (χ1) is 10.7.